The van der Waals surface area contributed by atoms with Gasteiger partial charge in [0.15, 0.2) is 5.65 Å². The molecule has 5 nitrogen and oxygen atoms in total. The number of rotatable bonds is 6. The Kier molecular flexibility index (Phi) is 6.60. The van der Waals surface area contributed by atoms with Crippen LogP contribution in [0.4, 0.5) is 5.82 Å². The van der Waals surface area contributed by atoms with E-state index in [4.69, 9.17) is 14.8 Å². The van der Waals surface area contributed by atoms with Gasteiger partial charge in [0.2, 0.25) is 0 Å². The SMILES string of the molecule is C\C=C/C(=C\C=C\CC)c1cc2nc(/C=C/C)cc(N3CCOCC3)n2n1. The van der Waals surface area contributed by atoms with Crippen molar-refractivity contribution in [3.05, 3.63) is 60.0 Å². The number of hydrogen-bond acceptors (Lipinski definition) is 4. The zero-order valence-corrected chi connectivity index (χ0v) is 16.4. The molecule has 142 valence electrons. The quantitative estimate of drug-likeness (QED) is 0.707. The van der Waals surface area contributed by atoms with Gasteiger partial charge in [-0.15, -0.1) is 0 Å². The molecule has 1 saturated heterocycles. The lowest BCUT2D eigenvalue weighted by Crippen LogP contribution is -2.37. The van der Waals surface area contributed by atoms with Crippen LogP contribution in [0.15, 0.2) is 48.6 Å². The van der Waals surface area contributed by atoms with Gasteiger partial charge in [0.1, 0.15) is 5.82 Å². The standard InChI is InChI=1S/C22H28N4O/c1-4-7-8-11-18(9-5-2)20-17-21-23-19(10-6-3)16-22(26(21)24-20)25-12-14-27-15-13-25/h5-11,16-17H,4,12-15H2,1-3H3/b8-7+,9-5-,10-6+,18-11+. The molecule has 2 aromatic rings. The Hall–Kier alpha value is -2.66. The molecule has 0 unspecified atom stereocenters. The highest BCUT2D eigenvalue weighted by atomic mass is 16.5. The Labute approximate surface area is 161 Å². The third kappa shape index (κ3) is 4.55. The van der Waals surface area contributed by atoms with Crippen LogP contribution in [-0.2, 0) is 4.74 Å². The molecule has 0 aromatic carbocycles. The molecule has 27 heavy (non-hydrogen) atoms. The first kappa shape index (κ1) is 19.1. The van der Waals surface area contributed by atoms with Crippen LogP contribution in [0.1, 0.15) is 38.6 Å². The van der Waals surface area contributed by atoms with E-state index in [1.807, 2.05) is 36.6 Å². The summed E-state index contributed by atoms with van der Waals surface area (Å²) in [6, 6.07) is 4.16. The number of allylic oxidation sites excluding steroid dienone is 7. The molecule has 5 heteroatoms. The molecule has 0 aliphatic carbocycles. The molecule has 0 saturated carbocycles. The first-order chi connectivity index (χ1) is 13.3. The van der Waals surface area contributed by atoms with Gasteiger partial charge in [-0.25, -0.2) is 4.98 Å². The maximum Gasteiger partial charge on any atom is 0.158 e. The summed E-state index contributed by atoms with van der Waals surface area (Å²) in [7, 11) is 0. The van der Waals surface area contributed by atoms with Crippen molar-refractivity contribution in [2.24, 2.45) is 0 Å². The summed E-state index contributed by atoms with van der Waals surface area (Å²) in [5.74, 6) is 1.06. The van der Waals surface area contributed by atoms with Crippen molar-refractivity contribution in [1.29, 1.82) is 0 Å². The van der Waals surface area contributed by atoms with E-state index in [9.17, 15) is 0 Å². The minimum absolute atomic E-state index is 0.739. The lowest BCUT2D eigenvalue weighted by atomic mass is 10.1. The third-order valence-corrected chi connectivity index (χ3v) is 4.39. The van der Waals surface area contributed by atoms with Crippen LogP contribution >= 0.6 is 0 Å². The van der Waals surface area contributed by atoms with Gasteiger partial charge < -0.3 is 9.64 Å². The Morgan fingerprint density at radius 1 is 1.19 bits per heavy atom. The molecule has 0 bridgehead atoms. The second kappa shape index (κ2) is 9.33. The first-order valence-electron chi connectivity index (χ1n) is 9.63. The Balaban J connectivity index is 2.11. The number of fused-ring (bicyclic) bond motifs is 1. The molecule has 3 heterocycles. The van der Waals surface area contributed by atoms with Crippen LogP contribution in [0.5, 0.6) is 0 Å². The van der Waals surface area contributed by atoms with Crippen LogP contribution in [0.3, 0.4) is 0 Å². The van der Waals surface area contributed by atoms with Crippen LogP contribution < -0.4 is 4.90 Å². The second-order valence-electron chi connectivity index (χ2n) is 6.40. The van der Waals surface area contributed by atoms with E-state index in [1.165, 1.54) is 0 Å². The highest BCUT2D eigenvalue weighted by Crippen LogP contribution is 2.23. The molecule has 0 spiro atoms. The summed E-state index contributed by atoms with van der Waals surface area (Å²) in [4.78, 5) is 7.08. The van der Waals surface area contributed by atoms with Crippen molar-refractivity contribution in [3.8, 4) is 0 Å². The van der Waals surface area contributed by atoms with E-state index in [2.05, 4.69) is 48.3 Å². The minimum atomic E-state index is 0.739. The molecule has 1 aliphatic heterocycles. The lowest BCUT2D eigenvalue weighted by Gasteiger charge is -2.29. The average molecular weight is 364 g/mol. The van der Waals surface area contributed by atoms with Gasteiger partial charge in [0.25, 0.3) is 0 Å². The molecular formula is C22H28N4O. The molecule has 0 radical (unpaired) electrons. The fraction of sp³-hybridized carbons (Fsp3) is 0.364. The molecular weight excluding hydrogens is 336 g/mol. The molecule has 0 atom stereocenters. The molecule has 1 fully saturated rings. The van der Waals surface area contributed by atoms with E-state index in [0.29, 0.717) is 0 Å². The van der Waals surface area contributed by atoms with Crippen LogP contribution in [-0.4, -0.2) is 40.9 Å². The highest BCUT2D eigenvalue weighted by Gasteiger charge is 2.17. The maximum absolute atomic E-state index is 5.51. The normalized spacial score (nSPS) is 16.6. The summed E-state index contributed by atoms with van der Waals surface area (Å²) in [5.41, 5.74) is 3.80. The number of morpholine rings is 1. The molecule has 3 rings (SSSR count). The van der Waals surface area contributed by atoms with Gasteiger partial charge in [0, 0.05) is 30.8 Å². The summed E-state index contributed by atoms with van der Waals surface area (Å²) in [5, 5.41) is 4.88. The van der Waals surface area contributed by atoms with Crippen LogP contribution in [0.25, 0.3) is 17.3 Å². The largest absolute Gasteiger partial charge is 0.378 e. The van der Waals surface area contributed by atoms with Gasteiger partial charge in [-0.2, -0.15) is 9.61 Å². The fourth-order valence-corrected chi connectivity index (χ4v) is 3.11. The first-order valence-corrected chi connectivity index (χ1v) is 9.63. The topological polar surface area (TPSA) is 42.7 Å². The Morgan fingerprint density at radius 2 is 2.00 bits per heavy atom. The lowest BCUT2D eigenvalue weighted by molar-refractivity contribution is 0.122. The predicted octanol–water partition coefficient (Wildman–Crippen LogP) is 4.52. The van der Waals surface area contributed by atoms with E-state index in [0.717, 1.165) is 61.2 Å². The van der Waals surface area contributed by atoms with Gasteiger partial charge >= 0.3 is 0 Å². The zero-order valence-electron chi connectivity index (χ0n) is 16.4. The molecule has 1 aliphatic rings. The third-order valence-electron chi connectivity index (χ3n) is 4.39. The van der Waals surface area contributed by atoms with Gasteiger partial charge in [-0.1, -0.05) is 43.4 Å². The van der Waals surface area contributed by atoms with Crippen molar-refractivity contribution in [2.45, 2.75) is 27.2 Å². The number of ether oxygens (including phenoxy) is 1. The predicted molar refractivity (Wildman–Crippen MR) is 113 cm³/mol. The number of hydrogen-bond donors (Lipinski definition) is 0. The average Bonchev–Trinajstić information content (AvgIpc) is 3.12. The van der Waals surface area contributed by atoms with E-state index >= 15 is 0 Å². The van der Waals surface area contributed by atoms with Gasteiger partial charge in [-0.3, -0.25) is 0 Å². The van der Waals surface area contributed by atoms with Crippen LogP contribution in [0.2, 0.25) is 0 Å². The van der Waals surface area contributed by atoms with Crippen molar-refractivity contribution in [2.75, 3.05) is 31.2 Å². The van der Waals surface area contributed by atoms with E-state index < -0.39 is 0 Å². The van der Waals surface area contributed by atoms with Crippen molar-refractivity contribution in [1.82, 2.24) is 14.6 Å². The number of aromatic nitrogens is 3. The second-order valence-corrected chi connectivity index (χ2v) is 6.40. The van der Waals surface area contributed by atoms with Crippen molar-refractivity contribution in [3.63, 3.8) is 0 Å². The maximum atomic E-state index is 5.51. The summed E-state index contributed by atoms with van der Waals surface area (Å²) < 4.78 is 7.47. The van der Waals surface area contributed by atoms with Gasteiger partial charge in [-0.05, 0) is 26.3 Å². The van der Waals surface area contributed by atoms with E-state index in [1.54, 1.807) is 0 Å². The molecule has 0 N–H and O–H groups in total. The summed E-state index contributed by atoms with van der Waals surface area (Å²) >= 11 is 0. The van der Waals surface area contributed by atoms with Crippen molar-refractivity contribution < 1.29 is 4.74 Å². The molecule has 2 aromatic heterocycles. The summed E-state index contributed by atoms with van der Waals surface area (Å²) in [6.07, 6.45) is 15.5. The molecule has 0 amide bonds. The van der Waals surface area contributed by atoms with Crippen molar-refractivity contribution >= 4 is 23.1 Å². The Morgan fingerprint density at radius 3 is 2.70 bits per heavy atom. The highest BCUT2D eigenvalue weighted by molar-refractivity contribution is 5.75. The van der Waals surface area contributed by atoms with Gasteiger partial charge in [0.05, 0.1) is 24.6 Å². The number of nitrogens with zero attached hydrogens (tertiary/aromatic N) is 4. The Bertz CT molecular complexity index is 883. The monoisotopic (exact) mass is 364 g/mol. The smallest absolute Gasteiger partial charge is 0.158 e. The minimum Gasteiger partial charge on any atom is -0.378 e. The fourth-order valence-electron chi connectivity index (χ4n) is 3.11. The number of anilines is 1. The summed E-state index contributed by atoms with van der Waals surface area (Å²) in [6.45, 7) is 9.36. The van der Waals surface area contributed by atoms with Crippen LogP contribution in [0, 0.1) is 0 Å². The zero-order chi connectivity index (χ0) is 19.1. The van der Waals surface area contributed by atoms with E-state index in [-0.39, 0.29) is 0 Å².